The highest BCUT2D eigenvalue weighted by Crippen LogP contribution is 2.28. The third-order valence-corrected chi connectivity index (χ3v) is 1.62. The van der Waals surface area contributed by atoms with Crippen molar-refractivity contribution >= 4 is 5.97 Å². The Morgan fingerprint density at radius 1 is 1.60 bits per heavy atom. The molecule has 0 spiro atoms. The van der Waals surface area contributed by atoms with Gasteiger partial charge < -0.3 is 9.84 Å². The van der Waals surface area contributed by atoms with Crippen LogP contribution in [0, 0.1) is 5.95 Å². The van der Waals surface area contributed by atoms with Gasteiger partial charge in [-0.15, -0.1) is 0 Å². The molecule has 0 aromatic carbocycles. The van der Waals surface area contributed by atoms with Crippen molar-refractivity contribution in [1.29, 1.82) is 0 Å². The summed E-state index contributed by atoms with van der Waals surface area (Å²) in [6.45, 7) is 0. The van der Waals surface area contributed by atoms with Gasteiger partial charge in [-0.3, -0.25) is 0 Å². The number of pyridine rings is 1. The van der Waals surface area contributed by atoms with Crippen molar-refractivity contribution in [3.8, 4) is 5.75 Å². The van der Waals surface area contributed by atoms with E-state index in [0.29, 0.717) is 6.07 Å². The van der Waals surface area contributed by atoms with Crippen LogP contribution in [0.15, 0.2) is 6.07 Å². The van der Waals surface area contributed by atoms with Gasteiger partial charge in [0.2, 0.25) is 5.95 Å². The van der Waals surface area contributed by atoms with E-state index < -0.39 is 35.3 Å². The molecule has 15 heavy (non-hydrogen) atoms. The molecule has 1 rings (SSSR count). The van der Waals surface area contributed by atoms with E-state index in [4.69, 9.17) is 5.11 Å². The summed E-state index contributed by atoms with van der Waals surface area (Å²) < 4.78 is 41.9. The molecule has 0 saturated heterocycles. The van der Waals surface area contributed by atoms with Crippen molar-refractivity contribution in [2.45, 2.75) is 6.43 Å². The number of halogens is 3. The van der Waals surface area contributed by atoms with Crippen molar-refractivity contribution in [3.63, 3.8) is 0 Å². The Morgan fingerprint density at radius 3 is 2.60 bits per heavy atom. The maximum Gasteiger partial charge on any atom is 0.341 e. The van der Waals surface area contributed by atoms with Gasteiger partial charge in [0.05, 0.1) is 7.11 Å². The van der Waals surface area contributed by atoms with Crippen molar-refractivity contribution in [3.05, 3.63) is 23.3 Å². The van der Waals surface area contributed by atoms with Crippen LogP contribution in [0.3, 0.4) is 0 Å². The fourth-order valence-electron chi connectivity index (χ4n) is 1.04. The lowest BCUT2D eigenvalue weighted by atomic mass is 10.2. The first-order chi connectivity index (χ1) is 6.97. The fourth-order valence-corrected chi connectivity index (χ4v) is 1.04. The maximum atomic E-state index is 12.7. The SMILES string of the molecule is COc1cc(F)nc(C(F)F)c1C(=O)O. The molecule has 0 atom stereocenters. The van der Waals surface area contributed by atoms with E-state index in [1.165, 1.54) is 0 Å². The quantitative estimate of drug-likeness (QED) is 0.791. The molecule has 0 bridgehead atoms. The number of carboxylic acids is 1. The van der Waals surface area contributed by atoms with Gasteiger partial charge in [-0.1, -0.05) is 0 Å². The van der Waals surface area contributed by atoms with Gasteiger partial charge in [-0.05, 0) is 0 Å². The zero-order chi connectivity index (χ0) is 11.6. The Hall–Kier alpha value is -1.79. The summed E-state index contributed by atoms with van der Waals surface area (Å²) in [4.78, 5) is 13.5. The Morgan fingerprint density at radius 2 is 2.20 bits per heavy atom. The van der Waals surface area contributed by atoms with E-state index in [2.05, 4.69) is 9.72 Å². The van der Waals surface area contributed by atoms with Crippen LogP contribution in [0.25, 0.3) is 0 Å². The van der Waals surface area contributed by atoms with Crippen LogP contribution in [0.5, 0.6) is 5.75 Å². The molecule has 7 heteroatoms. The van der Waals surface area contributed by atoms with Gasteiger partial charge in [0.1, 0.15) is 17.0 Å². The number of carbonyl (C=O) groups is 1. The minimum Gasteiger partial charge on any atom is -0.496 e. The number of aromatic nitrogens is 1. The van der Waals surface area contributed by atoms with E-state index >= 15 is 0 Å². The molecule has 0 amide bonds. The normalized spacial score (nSPS) is 10.5. The number of alkyl halides is 2. The molecular weight excluding hydrogens is 215 g/mol. The Kier molecular flexibility index (Phi) is 3.13. The summed E-state index contributed by atoms with van der Waals surface area (Å²) in [7, 11) is 1.05. The van der Waals surface area contributed by atoms with E-state index in [9.17, 15) is 18.0 Å². The average Bonchev–Trinajstić information content (AvgIpc) is 2.15. The van der Waals surface area contributed by atoms with E-state index in [0.717, 1.165) is 7.11 Å². The van der Waals surface area contributed by atoms with Crippen molar-refractivity contribution < 1.29 is 27.8 Å². The van der Waals surface area contributed by atoms with E-state index in [1.807, 2.05) is 0 Å². The first kappa shape index (κ1) is 11.3. The van der Waals surface area contributed by atoms with Gasteiger partial charge in [-0.25, -0.2) is 18.6 Å². The maximum absolute atomic E-state index is 12.7. The number of aromatic carboxylic acids is 1. The summed E-state index contributed by atoms with van der Waals surface area (Å²) in [6, 6.07) is 0.634. The van der Waals surface area contributed by atoms with Gasteiger partial charge in [-0.2, -0.15) is 4.39 Å². The number of rotatable bonds is 3. The molecule has 1 aromatic rings. The summed E-state index contributed by atoms with van der Waals surface area (Å²) in [5.41, 5.74) is -1.96. The lowest BCUT2D eigenvalue weighted by Gasteiger charge is -2.08. The summed E-state index contributed by atoms with van der Waals surface area (Å²) >= 11 is 0. The lowest BCUT2D eigenvalue weighted by Crippen LogP contribution is -2.09. The van der Waals surface area contributed by atoms with Crippen LogP contribution < -0.4 is 4.74 Å². The summed E-state index contributed by atoms with van der Waals surface area (Å²) in [5, 5.41) is 8.64. The lowest BCUT2D eigenvalue weighted by molar-refractivity contribution is 0.0677. The van der Waals surface area contributed by atoms with Gasteiger partial charge >= 0.3 is 5.97 Å². The van der Waals surface area contributed by atoms with Crippen molar-refractivity contribution in [2.75, 3.05) is 7.11 Å². The third kappa shape index (κ3) is 2.17. The predicted octanol–water partition coefficient (Wildman–Crippen LogP) is 1.87. The minimum atomic E-state index is -3.18. The zero-order valence-electron chi connectivity index (χ0n) is 7.50. The highest BCUT2D eigenvalue weighted by Gasteiger charge is 2.25. The predicted molar refractivity (Wildman–Crippen MR) is 42.7 cm³/mol. The standard InChI is InChI=1S/C8H6F3NO3/c1-15-3-2-4(9)12-6(7(10)11)5(3)8(13)14/h2,7H,1H3,(H,13,14). The van der Waals surface area contributed by atoms with Crippen LogP contribution in [-0.2, 0) is 0 Å². The molecule has 0 saturated carbocycles. The van der Waals surface area contributed by atoms with Gasteiger partial charge in [0.25, 0.3) is 6.43 Å². The van der Waals surface area contributed by atoms with Gasteiger partial charge in [0, 0.05) is 6.07 Å². The zero-order valence-corrected chi connectivity index (χ0v) is 7.50. The van der Waals surface area contributed by atoms with E-state index in [1.54, 1.807) is 0 Å². The van der Waals surface area contributed by atoms with Crippen molar-refractivity contribution in [2.24, 2.45) is 0 Å². The second-order valence-electron chi connectivity index (χ2n) is 2.51. The van der Waals surface area contributed by atoms with Crippen molar-refractivity contribution in [1.82, 2.24) is 4.98 Å². The first-order valence-corrected chi connectivity index (χ1v) is 3.73. The number of carboxylic acid groups (broad SMARTS) is 1. The fraction of sp³-hybridized carbons (Fsp3) is 0.250. The summed E-state index contributed by atoms with van der Waals surface area (Å²) in [6.07, 6.45) is -3.18. The molecule has 0 aliphatic heterocycles. The number of hydrogen-bond acceptors (Lipinski definition) is 3. The number of hydrogen-bond donors (Lipinski definition) is 1. The molecule has 0 aliphatic rings. The van der Waals surface area contributed by atoms with Crippen LogP contribution in [0.1, 0.15) is 22.5 Å². The largest absolute Gasteiger partial charge is 0.496 e. The topological polar surface area (TPSA) is 59.4 Å². The third-order valence-electron chi connectivity index (χ3n) is 1.62. The molecule has 0 aliphatic carbocycles. The molecule has 0 radical (unpaired) electrons. The highest BCUT2D eigenvalue weighted by molar-refractivity contribution is 5.92. The second-order valence-corrected chi connectivity index (χ2v) is 2.51. The molecular formula is C8H6F3NO3. The van der Waals surface area contributed by atoms with Crippen LogP contribution >= 0.6 is 0 Å². The van der Waals surface area contributed by atoms with E-state index in [-0.39, 0.29) is 0 Å². The number of methoxy groups -OCH3 is 1. The molecule has 1 N–H and O–H groups in total. The molecule has 0 fully saturated rings. The highest BCUT2D eigenvalue weighted by atomic mass is 19.3. The monoisotopic (exact) mass is 221 g/mol. The average molecular weight is 221 g/mol. The Bertz CT molecular complexity index is 395. The molecule has 0 unspecified atom stereocenters. The van der Waals surface area contributed by atoms with Gasteiger partial charge in [0.15, 0.2) is 0 Å². The molecule has 4 nitrogen and oxygen atoms in total. The van der Waals surface area contributed by atoms with Crippen LogP contribution in [0.2, 0.25) is 0 Å². The van der Waals surface area contributed by atoms with Crippen LogP contribution in [0.4, 0.5) is 13.2 Å². The Labute approximate surface area is 82.3 Å². The smallest absolute Gasteiger partial charge is 0.341 e. The van der Waals surface area contributed by atoms with Crippen LogP contribution in [-0.4, -0.2) is 23.2 Å². The number of ether oxygens (including phenoxy) is 1. The number of nitrogens with zero attached hydrogens (tertiary/aromatic N) is 1. The minimum absolute atomic E-state index is 0.481. The molecule has 1 aromatic heterocycles. The summed E-state index contributed by atoms with van der Waals surface area (Å²) in [5.74, 6) is -3.34. The Balaban J connectivity index is 3.47. The second kappa shape index (κ2) is 4.16. The first-order valence-electron chi connectivity index (χ1n) is 3.73. The molecule has 82 valence electrons. The molecule has 1 heterocycles.